The van der Waals surface area contributed by atoms with E-state index in [2.05, 4.69) is 53.1 Å². The van der Waals surface area contributed by atoms with Crippen LogP contribution in [0.4, 0.5) is 0 Å². The molecule has 0 saturated heterocycles. The normalized spacial score (nSPS) is 11.1. The number of benzene rings is 6. The second-order valence-electron chi connectivity index (χ2n) is 10.8. The SMILES string of the molecule is N#Cc1cc(-c2cc(C#N)cc(-n3c4ccccc4c4ccccc43)c2)cc(-c2cc(C#N)c3oc4ccccc4c3c2)c1. The van der Waals surface area contributed by atoms with Crippen LogP contribution in [0.1, 0.15) is 16.7 Å². The Labute approximate surface area is 252 Å². The van der Waals surface area contributed by atoms with Crippen LogP contribution in [0.2, 0.25) is 0 Å². The Morgan fingerprint density at radius 3 is 1.66 bits per heavy atom. The molecule has 8 aromatic rings. The number of hydrogen-bond acceptors (Lipinski definition) is 4. The molecule has 0 saturated carbocycles. The average Bonchev–Trinajstić information content (AvgIpc) is 3.63. The van der Waals surface area contributed by atoms with Crippen molar-refractivity contribution in [1.29, 1.82) is 15.8 Å². The van der Waals surface area contributed by atoms with Crippen LogP contribution in [0.3, 0.4) is 0 Å². The summed E-state index contributed by atoms with van der Waals surface area (Å²) in [7, 11) is 0. The maximum atomic E-state index is 10.1. The molecule has 0 aliphatic rings. The van der Waals surface area contributed by atoms with Gasteiger partial charge in [0.15, 0.2) is 5.58 Å². The van der Waals surface area contributed by atoms with Gasteiger partial charge in [-0.25, -0.2) is 0 Å². The molecule has 2 heterocycles. The van der Waals surface area contributed by atoms with Crippen molar-refractivity contribution in [2.75, 3.05) is 0 Å². The molecule has 0 N–H and O–H groups in total. The summed E-state index contributed by atoms with van der Waals surface area (Å²) in [6.45, 7) is 0. The molecule has 0 fully saturated rings. The van der Waals surface area contributed by atoms with Gasteiger partial charge < -0.3 is 8.98 Å². The van der Waals surface area contributed by atoms with Gasteiger partial charge in [-0.1, -0.05) is 54.6 Å². The van der Waals surface area contributed by atoms with E-state index in [4.69, 9.17) is 4.42 Å². The summed E-state index contributed by atoms with van der Waals surface area (Å²) in [6.07, 6.45) is 0. The first-order valence-electron chi connectivity index (χ1n) is 14.1. The Hall–Kier alpha value is -6.61. The minimum absolute atomic E-state index is 0.428. The van der Waals surface area contributed by atoms with Gasteiger partial charge in [0.05, 0.1) is 39.9 Å². The molecule has 0 bridgehead atoms. The highest BCUT2D eigenvalue weighted by Crippen LogP contribution is 2.38. The smallest absolute Gasteiger partial charge is 0.153 e. The van der Waals surface area contributed by atoms with E-state index in [1.54, 1.807) is 6.07 Å². The quantitative estimate of drug-likeness (QED) is 0.215. The van der Waals surface area contributed by atoms with Crippen LogP contribution < -0.4 is 0 Å². The third kappa shape index (κ3) is 3.84. The molecule has 5 nitrogen and oxygen atoms in total. The lowest BCUT2D eigenvalue weighted by Gasteiger charge is -2.13. The fourth-order valence-corrected chi connectivity index (χ4v) is 6.27. The maximum Gasteiger partial charge on any atom is 0.153 e. The maximum absolute atomic E-state index is 10.1. The number of nitrogens with zero attached hydrogens (tertiary/aromatic N) is 4. The van der Waals surface area contributed by atoms with Crippen molar-refractivity contribution in [3.8, 4) is 46.1 Å². The number of nitriles is 3. The van der Waals surface area contributed by atoms with Crippen molar-refractivity contribution in [1.82, 2.24) is 4.57 Å². The predicted molar refractivity (Wildman–Crippen MR) is 173 cm³/mol. The highest BCUT2D eigenvalue weighted by molar-refractivity contribution is 6.10. The number of aromatic nitrogens is 1. The predicted octanol–water partition coefficient (Wildman–Crippen LogP) is 9.63. The fraction of sp³-hybridized carbons (Fsp3) is 0. The van der Waals surface area contributed by atoms with Crippen molar-refractivity contribution < 1.29 is 4.42 Å². The van der Waals surface area contributed by atoms with Crippen LogP contribution in [0.5, 0.6) is 0 Å². The van der Waals surface area contributed by atoms with Gasteiger partial charge in [0, 0.05) is 27.2 Å². The van der Waals surface area contributed by atoms with E-state index in [9.17, 15) is 15.8 Å². The van der Waals surface area contributed by atoms with Crippen molar-refractivity contribution in [2.24, 2.45) is 0 Å². The van der Waals surface area contributed by atoms with Crippen molar-refractivity contribution in [3.05, 3.63) is 138 Å². The zero-order valence-corrected chi connectivity index (χ0v) is 23.2. The number of rotatable bonds is 3. The summed E-state index contributed by atoms with van der Waals surface area (Å²) in [4.78, 5) is 0. The molecular formula is C39H20N4O. The lowest BCUT2D eigenvalue weighted by molar-refractivity contribution is 0.667. The van der Waals surface area contributed by atoms with Crippen molar-refractivity contribution in [3.63, 3.8) is 0 Å². The van der Waals surface area contributed by atoms with Gasteiger partial charge in [-0.3, -0.25) is 0 Å². The summed E-state index contributed by atoms with van der Waals surface area (Å²) in [5.74, 6) is 0. The molecule has 202 valence electrons. The molecule has 0 radical (unpaired) electrons. The summed E-state index contributed by atoms with van der Waals surface area (Å²) < 4.78 is 8.21. The first-order chi connectivity index (χ1) is 21.6. The van der Waals surface area contributed by atoms with E-state index in [-0.39, 0.29) is 0 Å². The van der Waals surface area contributed by atoms with E-state index < -0.39 is 0 Å². The second kappa shape index (κ2) is 9.74. The van der Waals surface area contributed by atoms with E-state index >= 15 is 0 Å². The Morgan fingerprint density at radius 2 is 1.02 bits per heavy atom. The van der Waals surface area contributed by atoms with E-state index in [0.29, 0.717) is 27.9 Å². The van der Waals surface area contributed by atoms with E-state index in [1.165, 1.54) is 0 Å². The van der Waals surface area contributed by atoms with Gasteiger partial charge >= 0.3 is 0 Å². The highest BCUT2D eigenvalue weighted by atomic mass is 16.3. The Balaban J connectivity index is 1.35. The molecular weight excluding hydrogens is 540 g/mol. The van der Waals surface area contributed by atoms with E-state index in [1.807, 2.05) is 84.9 Å². The van der Waals surface area contributed by atoms with Gasteiger partial charge in [0.2, 0.25) is 0 Å². The minimum Gasteiger partial charge on any atom is -0.455 e. The molecule has 0 aliphatic heterocycles. The third-order valence-corrected chi connectivity index (χ3v) is 8.21. The average molecular weight is 561 g/mol. The summed E-state index contributed by atoms with van der Waals surface area (Å²) in [5, 5.41) is 34.1. The number of para-hydroxylation sites is 3. The molecule has 0 unspecified atom stereocenters. The molecule has 2 aromatic heterocycles. The summed E-state index contributed by atoms with van der Waals surface area (Å²) in [6, 6.07) is 46.5. The lowest BCUT2D eigenvalue weighted by atomic mass is 9.93. The zero-order valence-electron chi connectivity index (χ0n) is 23.2. The molecule has 0 atom stereocenters. The van der Waals surface area contributed by atoms with Gasteiger partial charge in [-0.05, 0) is 89.0 Å². The molecule has 0 amide bonds. The van der Waals surface area contributed by atoms with E-state index in [0.717, 1.165) is 60.5 Å². The highest BCUT2D eigenvalue weighted by Gasteiger charge is 2.17. The van der Waals surface area contributed by atoms with Gasteiger partial charge in [0.25, 0.3) is 0 Å². The van der Waals surface area contributed by atoms with Gasteiger partial charge in [-0.2, -0.15) is 15.8 Å². The summed E-state index contributed by atoms with van der Waals surface area (Å²) in [5.41, 5.74) is 8.85. The third-order valence-electron chi connectivity index (χ3n) is 8.21. The molecule has 6 aromatic carbocycles. The zero-order chi connectivity index (χ0) is 29.8. The fourth-order valence-electron chi connectivity index (χ4n) is 6.27. The number of hydrogen-bond donors (Lipinski definition) is 0. The number of furan rings is 1. The standard InChI is InChI=1S/C39H20N4O/c40-21-24-13-26(17-27(14-24)29-18-30(23-42)39-35(20-29)34-9-3-6-12-38(34)44-39)28-15-25(22-41)16-31(19-28)43-36-10-4-1-7-32(36)33-8-2-5-11-37(33)43/h1-20H. The second-order valence-corrected chi connectivity index (χ2v) is 10.8. The Bertz CT molecular complexity index is 2550. The molecule has 8 rings (SSSR count). The molecule has 0 spiro atoms. The van der Waals surface area contributed by atoms with Crippen molar-refractivity contribution >= 4 is 43.7 Å². The van der Waals surface area contributed by atoms with Gasteiger partial charge in [-0.15, -0.1) is 0 Å². The monoisotopic (exact) mass is 560 g/mol. The van der Waals surface area contributed by atoms with Crippen molar-refractivity contribution in [2.45, 2.75) is 0 Å². The Morgan fingerprint density at radius 1 is 0.477 bits per heavy atom. The lowest BCUT2D eigenvalue weighted by Crippen LogP contribution is -1.96. The summed E-state index contributed by atoms with van der Waals surface area (Å²) >= 11 is 0. The van der Waals surface area contributed by atoms with Crippen LogP contribution >= 0.6 is 0 Å². The van der Waals surface area contributed by atoms with Crippen LogP contribution in [-0.4, -0.2) is 4.57 Å². The van der Waals surface area contributed by atoms with Crippen LogP contribution in [0.15, 0.2) is 126 Å². The largest absolute Gasteiger partial charge is 0.455 e. The Kier molecular flexibility index (Phi) is 5.56. The minimum atomic E-state index is 0.428. The number of fused-ring (bicyclic) bond motifs is 6. The first-order valence-corrected chi connectivity index (χ1v) is 14.1. The molecule has 5 heteroatoms. The van der Waals surface area contributed by atoms with Crippen LogP contribution in [-0.2, 0) is 0 Å². The van der Waals surface area contributed by atoms with Crippen LogP contribution in [0, 0.1) is 34.0 Å². The topological polar surface area (TPSA) is 89.4 Å². The molecule has 0 aliphatic carbocycles. The van der Waals surface area contributed by atoms with Crippen LogP contribution in [0.25, 0.3) is 71.7 Å². The first kappa shape index (κ1) is 25.1. The molecule has 44 heavy (non-hydrogen) atoms. The van der Waals surface area contributed by atoms with Gasteiger partial charge in [0.1, 0.15) is 11.7 Å².